The van der Waals surface area contributed by atoms with Crippen molar-refractivity contribution in [2.75, 3.05) is 0 Å². The number of pyridine rings is 2. The summed E-state index contributed by atoms with van der Waals surface area (Å²) in [5, 5.41) is 1.56. The molecule has 0 amide bonds. The average molecular weight is 462 g/mol. The van der Waals surface area contributed by atoms with Crippen LogP contribution in [0.15, 0.2) is 55.4 Å². The summed E-state index contributed by atoms with van der Waals surface area (Å²) in [5.74, 6) is 0.802. The highest BCUT2D eigenvalue weighted by Crippen LogP contribution is 2.39. The van der Waals surface area contributed by atoms with Crippen LogP contribution in [0, 0.1) is 0 Å². The Labute approximate surface area is 193 Å². The third-order valence-electron chi connectivity index (χ3n) is 5.90. The van der Waals surface area contributed by atoms with E-state index in [-0.39, 0.29) is 5.78 Å². The van der Waals surface area contributed by atoms with Crippen molar-refractivity contribution in [2.45, 2.75) is 38.0 Å². The van der Waals surface area contributed by atoms with Crippen LogP contribution < -0.4 is 0 Å². The van der Waals surface area contributed by atoms with E-state index in [0.29, 0.717) is 29.2 Å². The molecule has 6 rings (SSSR count). The molecule has 5 heterocycles. The first-order valence-corrected chi connectivity index (χ1v) is 11.9. The van der Waals surface area contributed by atoms with Crippen LogP contribution in [0.2, 0.25) is 5.02 Å². The molecule has 0 spiro atoms. The van der Waals surface area contributed by atoms with Gasteiger partial charge in [-0.3, -0.25) is 4.79 Å². The molecule has 5 aromatic rings. The van der Waals surface area contributed by atoms with E-state index in [1.807, 2.05) is 22.7 Å². The van der Waals surface area contributed by atoms with Crippen LogP contribution in [0.3, 0.4) is 0 Å². The second-order valence-corrected chi connectivity index (χ2v) is 9.83. The highest BCUT2D eigenvalue weighted by molar-refractivity contribution is 7.13. The predicted molar refractivity (Wildman–Crippen MR) is 125 cm³/mol. The van der Waals surface area contributed by atoms with Gasteiger partial charge in [0.15, 0.2) is 5.78 Å². The Morgan fingerprint density at radius 2 is 2.06 bits per heavy atom. The van der Waals surface area contributed by atoms with Gasteiger partial charge in [-0.05, 0) is 48.9 Å². The molecule has 160 valence electrons. The Bertz CT molecular complexity index is 1460. The highest BCUT2D eigenvalue weighted by atomic mass is 35.5. The number of hydrogen-bond acceptors (Lipinski definition) is 5. The molecular weight excluding hydrogens is 442 g/mol. The van der Waals surface area contributed by atoms with E-state index in [9.17, 15) is 4.79 Å². The van der Waals surface area contributed by atoms with Crippen LogP contribution in [0.5, 0.6) is 0 Å². The van der Waals surface area contributed by atoms with E-state index in [2.05, 4.69) is 38.9 Å². The number of aromatic nitrogens is 5. The van der Waals surface area contributed by atoms with Crippen molar-refractivity contribution >= 4 is 39.9 Å². The topological polar surface area (TPSA) is 64.6 Å². The number of ketones is 1. The minimum Gasteiger partial charge on any atom is -0.307 e. The molecule has 0 atom stereocenters. The molecule has 5 aromatic heterocycles. The highest BCUT2D eigenvalue weighted by Gasteiger charge is 2.23. The van der Waals surface area contributed by atoms with Gasteiger partial charge in [-0.1, -0.05) is 17.7 Å². The Balaban J connectivity index is 1.13. The molecule has 1 aliphatic rings. The Kier molecular flexibility index (Phi) is 4.81. The van der Waals surface area contributed by atoms with Crippen LogP contribution in [0.4, 0.5) is 0 Å². The number of imidazole rings is 2. The monoisotopic (exact) mass is 461 g/mol. The van der Waals surface area contributed by atoms with E-state index in [1.54, 1.807) is 12.5 Å². The minimum atomic E-state index is 0.0843. The van der Waals surface area contributed by atoms with E-state index < -0.39 is 0 Å². The Morgan fingerprint density at radius 1 is 1.16 bits per heavy atom. The molecule has 1 fully saturated rings. The summed E-state index contributed by atoms with van der Waals surface area (Å²) in [6.07, 6.45) is 13.7. The van der Waals surface area contributed by atoms with Gasteiger partial charge in [-0.2, -0.15) is 0 Å². The molecule has 0 aliphatic heterocycles. The van der Waals surface area contributed by atoms with E-state index in [4.69, 9.17) is 16.6 Å². The molecule has 1 aliphatic carbocycles. The van der Waals surface area contributed by atoms with Gasteiger partial charge in [0, 0.05) is 42.7 Å². The van der Waals surface area contributed by atoms with E-state index >= 15 is 0 Å². The van der Waals surface area contributed by atoms with Gasteiger partial charge in [0.05, 0.1) is 33.1 Å². The maximum atomic E-state index is 12.7. The molecule has 6 nitrogen and oxygen atoms in total. The third-order valence-corrected chi connectivity index (χ3v) is 7.18. The first-order chi connectivity index (χ1) is 15.6. The smallest absolute Gasteiger partial charge is 0.174 e. The maximum absolute atomic E-state index is 12.7. The quantitative estimate of drug-likeness (QED) is 0.305. The zero-order valence-corrected chi connectivity index (χ0v) is 18.8. The summed E-state index contributed by atoms with van der Waals surface area (Å²) in [6.45, 7) is 0. The van der Waals surface area contributed by atoms with Crippen LogP contribution in [0.1, 0.15) is 56.8 Å². The SMILES string of the molecule is O=C(CCc1ncn2ccc(Cl)cc12)c1cnc(Cc2cn3cc(C4CC4)ccc3n2)s1. The number of hydrogen-bond donors (Lipinski definition) is 0. The molecule has 0 N–H and O–H groups in total. The number of Topliss-reactive ketones (excluding diaryl/α,β-unsaturated/α-hetero) is 1. The van der Waals surface area contributed by atoms with Crippen molar-refractivity contribution in [1.82, 2.24) is 23.8 Å². The zero-order valence-electron chi connectivity index (χ0n) is 17.2. The standard InChI is InChI=1S/C24H20ClN5OS/c25-17-7-8-29-14-27-19(20(29)9-17)4-5-21(31)22-11-26-24(32-22)10-18-13-30-12-16(15-1-2-15)3-6-23(30)28-18/h3,6-9,11-15H,1-2,4-5,10H2. The van der Waals surface area contributed by atoms with Crippen molar-refractivity contribution in [3.8, 4) is 0 Å². The number of thiazole rings is 1. The van der Waals surface area contributed by atoms with Crippen molar-refractivity contribution in [3.63, 3.8) is 0 Å². The lowest BCUT2D eigenvalue weighted by molar-refractivity contribution is 0.0986. The molecule has 1 saturated carbocycles. The summed E-state index contributed by atoms with van der Waals surface area (Å²) < 4.78 is 4.02. The summed E-state index contributed by atoms with van der Waals surface area (Å²) in [7, 11) is 0. The van der Waals surface area contributed by atoms with E-state index in [0.717, 1.165) is 33.5 Å². The number of carbonyl (C=O) groups is 1. The molecular formula is C24H20ClN5OS. The minimum absolute atomic E-state index is 0.0843. The molecule has 0 unspecified atom stereocenters. The summed E-state index contributed by atoms with van der Waals surface area (Å²) in [5.41, 5.74) is 5.11. The van der Waals surface area contributed by atoms with Crippen LogP contribution in [-0.2, 0) is 12.8 Å². The maximum Gasteiger partial charge on any atom is 0.174 e. The lowest BCUT2D eigenvalue weighted by Crippen LogP contribution is -1.99. The fourth-order valence-corrected chi connectivity index (χ4v) is 5.10. The summed E-state index contributed by atoms with van der Waals surface area (Å²) in [6, 6.07) is 7.96. The number of carbonyl (C=O) groups excluding carboxylic acids is 1. The van der Waals surface area contributed by atoms with Crippen molar-refractivity contribution in [2.24, 2.45) is 0 Å². The zero-order chi connectivity index (χ0) is 21.7. The number of nitrogens with zero attached hydrogens (tertiary/aromatic N) is 5. The lowest BCUT2D eigenvalue weighted by Gasteiger charge is -1.99. The van der Waals surface area contributed by atoms with E-state index in [1.165, 1.54) is 29.7 Å². The number of rotatable bonds is 7. The van der Waals surface area contributed by atoms with Crippen molar-refractivity contribution < 1.29 is 4.79 Å². The second-order valence-electron chi connectivity index (χ2n) is 8.28. The number of fused-ring (bicyclic) bond motifs is 2. The van der Waals surface area contributed by atoms with Crippen molar-refractivity contribution in [3.05, 3.63) is 87.2 Å². The largest absolute Gasteiger partial charge is 0.307 e. The van der Waals surface area contributed by atoms with Crippen LogP contribution >= 0.6 is 22.9 Å². The van der Waals surface area contributed by atoms with Crippen LogP contribution in [0.25, 0.3) is 11.2 Å². The number of halogens is 1. The molecule has 32 heavy (non-hydrogen) atoms. The van der Waals surface area contributed by atoms with Gasteiger partial charge in [-0.25, -0.2) is 15.0 Å². The van der Waals surface area contributed by atoms with Gasteiger partial charge >= 0.3 is 0 Å². The van der Waals surface area contributed by atoms with Gasteiger partial charge < -0.3 is 8.80 Å². The van der Waals surface area contributed by atoms with Gasteiger partial charge in [0.2, 0.25) is 0 Å². The van der Waals surface area contributed by atoms with Gasteiger partial charge in [-0.15, -0.1) is 11.3 Å². The van der Waals surface area contributed by atoms with Gasteiger partial charge in [0.25, 0.3) is 0 Å². The molecule has 0 aromatic carbocycles. The molecule has 0 bridgehead atoms. The fourth-order valence-electron chi connectivity index (χ4n) is 4.04. The Hall–Kier alpha value is -3.03. The fraction of sp³-hybridized carbons (Fsp3) is 0.250. The number of aryl methyl sites for hydroxylation is 1. The Morgan fingerprint density at radius 3 is 2.94 bits per heavy atom. The van der Waals surface area contributed by atoms with Crippen LogP contribution in [-0.4, -0.2) is 29.5 Å². The lowest BCUT2D eigenvalue weighted by atomic mass is 10.1. The first kappa shape index (κ1) is 19.6. The average Bonchev–Trinajstić information content (AvgIpc) is 3.21. The molecule has 8 heteroatoms. The first-order valence-electron chi connectivity index (χ1n) is 10.7. The second kappa shape index (κ2) is 7.83. The van der Waals surface area contributed by atoms with Crippen molar-refractivity contribution in [1.29, 1.82) is 0 Å². The molecule has 0 saturated heterocycles. The normalized spacial score (nSPS) is 13.9. The molecule has 0 radical (unpaired) electrons. The summed E-state index contributed by atoms with van der Waals surface area (Å²) >= 11 is 7.55. The predicted octanol–water partition coefficient (Wildman–Crippen LogP) is 5.38. The summed E-state index contributed by atoms with van der Waals surface area (Å²) in [4.78, 5) is 27.1. The van der Waals surface area contributed by atoms with Gasteiger partial charge in [0.1, 0.15) is 5.65 Å². The third kappa shape index (κ3) is 3.82.